The molecule has 2 aromatic rings. The van der Waals surface area contributed by atoms with Crippen LogP contribution in [0, 0.1) is 5.82 Å². The molecule has 0 fully saturated rings. The number of carbonyl (C=O) groups excluding carboxylic acids is 1. The predicted molar refractivity (Wildman–Crippen MR) is 98.1 cm³/mol. The highest BCUT2D eigenvalue weighted by Gasteiger charge is 2.28. The number of anilines is 1. The fourth-order valence-corrected chi connectivity index (χ4v) is 3.58. The molecule has 1 amide bonds. The van der Waals surface area contributed by atoms with Gasteiger partial charge in [0.25, 0.3) is 0 Å². The molecule has 2 aromatic carbocycles. The van der Waals surface area contributed by atoms with Crippen LogP contribution in [0.1, 0.15) is 6.92 Å². The Balaban J connectivity index is 1.98. The first-order valence-electron chi connectivity index (χ1n) is 7.99. The van der Waals surface area contributed by atoms with E-state index in [4.69, 9.17) is 4.74 Å². The van der Waals surface area contributed by atoms with Crippen molar-refractivity contribution in [3.05, 3.63) is 60.4 Å². The standard InChI is InChI=1S/C18H21FN2O4S/c1-14(18(22)20-12-13-25-17-6-4-3-5-7-17)21(26(2,23)24)16-10-8-15(19)9-11-16/h3-11,14H,12-13H2,1-2H3,(H,20,22). The molecule has 1 N–H and O–H groups in total. The Morgan fingerprint density at radius 1 is 1.15 bits per heavy atom. The summed E-state index contributed by atoms with van der Waals surface area (Å²) in [6.07, 6.45) is 0.999. The Morgan fingerprint density at radius 3 is 2.35 bits per heavy atom. The lowest BCUT2D eigenvalue weighted by atomic mass is 10.2. The van der Waals surface area contributed by atoms with Gasteiger partial charge >= 0.3 is 0 Å². The van der Waals surface area contributed by atoms with Crippen LogP contribution in [0.4, 0.5) is 10.1 Å². The summed E-state index contributed by atoms with van der Waals surface area (Å²) in [6.45, 7) is 1.94. The lowest BCUT2D eigenvalue weighted by molar-refractivity contribution is -0.121. The quantitative estimate of drug-likeness (QED) is 0.712. The minimum absolute atomic E-state index is 0.220. The Hall–Kier alpha value is -2.61. The predicted octanol–water partition coefficient (Wildman–Crippen LogP) is 2.18. The number of carbonyl (C=O) groups is 1. The average molecular weight is 380 g/mol. The molecule has 1 atom stereocenters. The zero-order valence-electron chi connectivity index (χ0n) is 14.6. The van der Waals surface area contributed by atoms with Gasteiger partial charge in [0.1, 0.15) is 24.2 Å². The molecule has 26 heavy (non-hydrogen) atoms. The third-order valence-corrected chi connectivity index (χ3v) is 4.82. The summed E-state index contributed by atoms with van der Waals surface area (Å²) in [6, 6.07) is 13.1. The Kier molecular flexibility index (Phi) is 6.57. The van der Waals surface area contributed by atoms with E-state index in [9.17, 15) is 17.6 Å². The van der Waals surface area contributed by atoms with Crippen molar-refractivity contribution >= 4 is 21.6 Å². The molecule has 140 valence electrons. The smallest absolute Gasteiger partial charge is 0.243 e. The first kappa shape index (κ1) is 19.7. The summed E-state index contributed by atoms with van der Waals surface area (Å²) in [5.74, 6) is -0.285. The number of nitrogens with zero attached hydrogens (tertiary/aromatic N) is 1. The van der Waals surface area contributed by atoms with Crippen LogP contribution in [0.2, 0.25) is 0 Å². The summed E-state index contributed by atoms with van der Waals surface area (Å²) in [4.78, 5) is 12.3. The largest absolute Gasteiger partial charge is 0.492 e. The topological polar surface area (TPSA) is 75.7 Å². The molecule has 1 unspecified atom stereocenters. The van der Waals surface area contributed by atoms with Crippen molar-refractivity contribution in [2.75, 3.05) is 23.7 Å². The molecule has 0 aliphatic heterocycles. The van der Waals surface area contributed by atoms with E-state index >= 15 is 0 Å². The maximum Gasteiger partial charge on any atom is 0.243 e. The fourth-order valence-electron chi connectivity index (χ4n) is 2.40. The van der Waals surface area contributed by atoms with Crippen molar-refractivity contribution in [2.24, 2.45) is 0 Å². The number of hydrogen-bond acceptors (Lipinski definition) is 4. The van der Waals surface area contributed by atoms with Gasteiger partial charge < -0.3 is 10.1 Å². The van der Waals surface area contributed by atoms with Crippen LogP contribution in [-0.4, -0.2) is 39.8 Å². The van der Waals surface area contributed by atoms with E-state index in [0.717, 1.165) is 22.7 Å². The van der Waals surface area contributed by atoms with E-state index in [1.54, 1.807) is 12.1 Å². The number of nitrogens with one attached hydrogen (secondary N) is 1. The highest BCUT2D eigenvalue weighted by Crippen LogP contribution is 2.21. The van der Waals surface area contributed by atoms with Gasteiger partial charge in [-0.2, -0.15) is 0 Å². The van der Waals surface area contributed by atoms with Crippen molar-refractivity contribution in [2.45, 2.75) is 13.0 Å². The lowest BCUT2D eigenvalue weighted by Gasteiger charge is -2.28. The number of para-hydroxylation sites is 1. The molecule has 0 aromatic heterocycles. The molecule has 0 saturated heterocycles. The third-order valence-electron chi connectivity index (χ3n) is 3.58. The van der Waals surface area contributed by atoms with Crippen molar-refractivity contribution < 1.29 is 22.3 Å². The molecule has 0 aliphatic carbocycles. The van der Waals surface area contributed by atoms with Crippen molar-refractivity contribution in [1.29, 1.82) is 0 Å². The van der Waals surface area contributed by atoms with Crippen LogP contribution in [0.15, 0.2) is 54.6 Å². The van der Waals surface area contributed by atoms with Gasteiger partial charge in [0.15, 0.2) is 0 Å². The van der Waals surface area contributed by atoms with Crippen LogP contribution < -0.4 is 14.4 Å². The molecule has 8 heteroatoms. The molecule has 0 heterocycles. The number of halogens is 1. The van der Waals surface area contributed by atoms with E-state index in [0.29, 0.717) is 5.75 Å². The van der Waals surface area contributed by atoms with Crippen LogP contribution in [0.5, 0.6) is 5.75 Å². The van der Waals surface area contributed by atoms with Crippen molar-refractivity contribution in [3.8, 4) is 5.75 Å². The average Bonchev–Trinajstić information content (AvgIpc) is 2.60. The van der Waals surface area contributed by atoms with Gasteiger partial charge in [-0.05, 0) is 43.3 Å². The SMILES string of the molecule is CC(C(=O)NCCOc1ccccc1)N(c1ccc(F)cc1)S(C)(=O)=O. The van der Waals surface area contributed by atoms with Crippen LogP contribution in [-0.2, 0) is 14.8 Å². The van der Waals surface area contributed by atoms with Crippen LogP contribution in [0.3, 0.4) is 0 Å². The van der Waals surface area contributed by atoms with Crippen molar-refractivity contribution in [1.82, 2.24) is 5.32 Å². The normalized spacial score (nSPS) is 12.3. The summed E-state index contributed by atoms with van der Waals surface area (Å²) >= 11 is 0. The Labute approximate surface area is 152 Å². The zero-order chi connectivity index (χ0) is 19.2. The van der Waals surface area contributed by atoms with Gasteiger partial charge in [-0.3, -0.25) is 9.10 Å². The van der Waals surface area contributed by atoms with E-state index in [1.807, 2.05) is 18.2 Å². The molecule has 2 rings (SSSR count). The van der Waals surface area contributed by atoms with Crippen LogP contribution in [0.25, 0.3) is 0 Å². The van der Waals surface area contributed by atoms with E-state index in [-0.39, 0.29) is 18.8 Å². The molecule has 0 bridgehead atoms. The van der Waals surface area contributed by atoms with E-state index in [2.05, 4.69) is 5.32 Å². The van der Waals surface area contributed by atoms with Gasteiger partial charge in [-0.15, -0.1) is 0 Å². The van der Waals surface area contributed by atoms with Gasteiger partial charge in [-0.1, -0.05) is 18.2 Å². The number of benzene rings is 2. The van der Waals surface area contributed by atoms with E-state index in [1.165, 1.54) is 19.1 Å². The summed E-state index contributed by atoms with van der Waals surface area (Å²) in [7, 11) is -3.73. The van der Waals surface area contributed by atoms with E-state index < -0.39 is 27.8 Å². The second kappa shape index (κ2) is 8.66. The molecule has 0 radical (unpaired) electrons. The van der Waals surface area contributed by atoms with Crippen molar-refractivity contribution in [3.63, 3.8) is 0 Å². The van der Waals surface area contributed by atoms with Gasteiger partial charge in [0.05, 0.1) is 18.5 Å². The second-order valence-electron chi connectivity index (χ2n) is 5.66. The number of sulfonamides is 1. The third kappa shape index (κ3) is 5.45. The first-order valence-corrected chi connectivity index (χ1v) is 9.84. The molecule has 0 aliphatic rings. The maximum atomic E-state index is 13.1. The lowest BCUT2D eigenvalue weighted by Crippen LogP contribution is -2.48. The molecule has 0 spiro atoms. The molecule has 6 nitrogen and oxygen atoms in total. The highest BCUT2D eigenvalue weighted by atomic mass is 32.2. The number of amides is 1. The van der Waals surface area contributed by atoms with Gasteiger partial charge in [0, 0.05) is 0 Å². The summed E-state index contributed by atoms with van der Waals surface area (Å²) in [5, 5.41) is 2.64. The summed E-state index contributed by atoms with van der Waals surface area (Å²) in [5.41, 5.74) is 0.220. The number of hydrogen-bond donors (Lipinski definition) is 1. The number of ether oxygens (including phenoxy) is 1. The second-order valence-corrected chi connectivity index (χ2v) is 7.52. The van der Waals surface area contributed by atoms with Crippen LogP contribution >= 0.6 is 0 Å². The Morgan fingerprint density at radius 2 is 1.77 bits per heavy atom. The monoisotopic (exact) mass is 380 g/mol. The molecular formula is C18H21FN2O4S. The fraction of sp³-hybridized carbons (Fsp3) is 0.278. The van der Waals surface area contributed by atoms with Gasteiger partial charge in [-0.25, -0.2) is 12.8 Å². The zero-order valence-corrected chi connectivity index (χ0v) is 15.4. The minimum atomic E-state index is -3.73. The molecular weight excluding hydrogens is 359 g/mol. The highest BCUT2D eigenvalue weighted by molar-refractivity contribution is 7.92. The Bertz CT molecular complexity index is 826. The maximum absolute atomic E-state index is 13.1. The summed E-state index contributed by atoms with van der Waals surface area (Å²) < 4.78 is 43.7. The molecule has 0 saturated carbocycles. The van der Waals surface area contributed by atoms with Gasteiger partial charge in [0.2, 0.25) is 15.9 Å². The first-order chi connectivity index (χ1) is 12.3. The number of rotatable bonds is 8. The minimum Gasteiger partial charge on any atom is -0.492 e.